The van der Waals surface area contributed by atoms with Crippen molar-refractivity contribution in [1.29, 1.82) is 0 Å². The van der Waals surface area contributed by atoms with Crippen molar-refractivity contribution >= 4 is 30.5 Å². The number of nitrogen functional groups attached to an aromatic ring is 2. The summed E-state index contributed by atoms with van der Waals surface area (Å²) in [5, 5.41) is 0. The van der Waals surface area contributed by atoms with E-state index in [-0.39, 0.29) is 24.9 Å². The molecule has 0 aliphatic carbocycles. The van der Waals surface area contributed by atoms with Crippen LogP contribution in [0.5, 0.6) is 0 Å². The molecule has 0 saturated carbocycles. The molecule has 122 valence electrons. The predicted molar refractivity (Wildman–Crippen MR) is 77.8 cm³/mol. The molecule has 0 fully saturated rings. The lowest BCUT2D eigenvalue weighted by molar-refractivity contribution is 0.00416. The zero-order valence-electron chi connectivity index (χ0n) is 11.8. The van der Waals surface area contributed by atoms with Gasteiger partial charge >= 0.3 is 7.60 Å². The van der Waals surface area contributed by atoms with Gasteiger partial charge in [0.05, 0.1) is 25.6 Å². The smallest absolute Gasteiger partial charge is 0.350 e. The van der Waals surface area contributed by atoms with E-state index in [0.717, 1.165) is 0 Å². The van der Waals surface area contributed by atoms with E-state index in [1.54, 1.807) is 4.57 Å². The Kier molecular flexibility index (Phi) is 4.94. The van der Waals surface area contributed by atoms with Crippen LogP contribution in [0, 0.1) is 0 Å². The van der Waals surface area contributed by atoms with Crippen LogP contribution in [-0.4, -0.2) is 55.5 Å². The van der Waals surface area contributed by atoms with Gasteiger partial charge < -0.3 is 35.3 Å². The maximum absolute atomic E-state index is 10.9. The minimum atomic E-state index is -4.27. The second-order valence-corrected chi connectivity index (χ2v) is 6.16. The zero-order chi connectivity index (χ0) is 16.3. The third-order valence-corrected chi connectivity index (χ3v) is 3.22. The monoisotopic (exact) mass is 332 g/mol. The molecule has 11 nitrogen and oxygen atoms in total. The number of hydrogen-bond donors (Lipinski definition) is 4. The van der Waals surface area contributed by atoms with Crippen molar-refractivity contribution in [2.24, 2.45) is 0 Å². The topological polar surface area (TPSA) is 172 Å². The Morgan fingerprint density at radius 3 is 2.77 bits per heavy atom. The summed E-state index contributed by atoms with van der Waals surface area (Å²) in [6.07, 6.45) is 0.165. The number of imidazole rings is 1. The third kappa shape index (κ3) is 4.12. The molecular formula is C10H17N6O5P. The van der Waals surface area contributed by atoms with Crippen LogP contribution in [0.2, 0.25) is 0 Å². The second-order valence-electron chi connectivity index (χ2n) is 4.57. The Bertz CT molecular complexity index is 700. The molecular weight excluding hydrogens is 315 g/mol. The van der Waals surface area contributed by atoms with Gasteiger partial charge in [0.2, 0.25) is 5.95 Å². The molecule has 0 aliphatic rings. The summed E-state index contributed by atoms with van der Waals surface area (Å²) < 4.78 is 22.7. The van der Waals surface area contributed by atoms with Crippen LogP contribution in [0.25, 0.3) is 11.2 Å². The van der Waals surface area contributed by atoms with Crippen molar-refractivity contribution in [1.82, 2.24) is 19.5 Å². The second kappa shape index (κ2) is 6.55. The molecule has 0 spiro atoms. The lowest BCUT2D eigenvalue weighted by atomic mass is 10.3. The Balaban J connectivity index is 2.21. The van der Waals surface area contributed by atoms with Crippen molar-refractivity contribution < 1.29 is 23.8 Å². The predicted octanol–water partition coefficient (Wildman–Crippen LogP) is -0.842. The van der Waals surface area contributed by atoms with E-state index in [4.69, 9.17) is 30.7 Å². The first-order chi connectivity index (χ1) is 10.3. The highest BCUT2D eigenvalue weighted by Gasteiger charge is 2.20. The summed E-state index contributed by atoms with van der Waals surface area (Å²) in [6, 6.07) is 0. The number of hydrogen-bond acceptors (Lipinski definition) is 8. The normalized spacial score (nSPS) is 13.6. The van der Waals surface area contributed by atoms with E-state index in [2.05, 4.69) is 15.0 Å². The lowest BCUT2D eigenvalue weighted by Gasteiger charge is -2.18. The van der Waals surface area contributed by atoms with Crippen LogP contribution in [0.4, 0.5) is 11.8 Å². The highest BCUT2D eigenvalue weighted by Crippen LogP contribution is 2.34. The largest absolute Gasteiger partial charge is 0.382 e. The fourth-order valence-corrected chi connectivity index (χ4v) is 2.28. The van der Waals surface area contributed by atoms with Gasteiger partial charge in [0.25, 0.3) is 0 Å². The summed E-state index contributed by atoms with van der Waals surface area (Å²) in [5.41, 5.74) is 12.1. The highest BCUT2D eigenvalue weighted by molar-refractivity contribution is 7.51. The molecule has 0 bridgehead atoms. The molecule has 12 heteroatoms. The minimum absolute atomic E-state index is 0.00572. The van der Waals surface area contributed by atoms with Gasteiger partial charge in [0.1, 0.15) is 11.9 Å². The molecule has 0 unspecified atom stereocenters. The van der Waals surface area contributed by atoms with E-state index in [1.165, 1.54) is 13.4 Å². The molecule has 0 radical (unpaired) electrons. The molecule has 1 atom stereocenters. The molecule has 6 N–H and O–H groups in total. The average molecular weight is 332 g/mol. The fraction of sp³-hybridized carbons (Fsp3) is 0.500. The molecule has 2 aromatic heterocycles. The van der Waals surface area contributed by atoms with Gasteiger partial charge in [-0.05, 0) is 0 Å². The first-order valence-corrected chi connectivity index (χ1v) is 7.99. The van der Waals surface area contributed by atoms with Gasteiger partial charge in [-0.15, -0.1) is 0 Å². The number of anilines is 2. The molecule has 0 aliphatic heterocycles. The van der Waals surface area contributed by atoms with Crippen molar-refractivity contribution in [2.75, 3.05) is 31.5 Å². The van der Waals surface area contributed by atoms with Crippen LogP contribution < -0.4 is 11.5 Å². The van der Waals surface area contributed by atoms with Crippen LogP contribution in [-0.2, 0) is 20.6 Å². The maximum Gasteiger partial charge on any atom is 0.350 e. The Morgan fingerprint density at radius 1 is 1.41 bits per heavy atom. The average Bonchev–Trinajstić information content (AvgIpc) is 2.79. The molecule has 0 aromatic carbocycles. The summed E-state index contributed by atoms with van der Waals surface area (Å²) >= 11 is 0. The number of fused-ring (bicyclic) bond motifs is 1. The number of aromatic nitrogens is 4. The van der Waals surface area contributed by atoms with Crippen molar-refractivity contribution in [3.05, 3.63) is 6.33 Å². The minimum Gasteiger partial charge on any atom is -0.382 e. The zero-order valence-corrected chi connectivity index (χ0v) is 12.7. The quantitative estimate of drug-likeness (QED) is 0.468. The van der Waals surface area contributed by atoms with Gasteiger partial charge in [-0.2, -0.15) is 9.97 Å². The van der Waals surface area contributed by atoms with Gasteiger partial charge in [-0.1, -0.05) is 0 Å². The molecule has 22 heavy (non-hydrogen) atoms. The number of ether oxygens (including phenoxy) is 2. The SMILES string of the molecule is COC[C@@H](Cn1cnc2c(N)nc(N)nc21)OCP(=O)(O)O. The fourth-order valence-electron chi connectivity index (χ4n) is 1.88. The van der Waals surface area contributed by atoms with Crippen LogP contribution in [0.3, 0.4) is 0 Å². The van der Waals surface area contributed by atoms with Gasteiger partial charge in [0.15, 0.2) is 11.5 Å². The van der Waals surface area contributed by atoms with E-state index in [1.807, 2.05) is 0 Å². The van der Waals surface area contributed by atoms with Crippen LogP contribution in [0.1, 0.15) is 0 Å². The van der Waals surface area contributed by atoms with Crippen molar-refractivity contribution in [3.63, 3.8) is 0 Å². The van der Waals surface area contributed by atoms with Gasteiger partial charge in [-0.25, -0.2) is 4.98 Å². The van der Waals surface area contributed by atoms with E-state index in [0.29, 0.717) is 11.2 Å². The number of methoxy groups -OCH3 is 1. The number of nitrogens with zero attached hydrogens (tertiary/aromatic N) is 4. The third-order valence-electron chi connectivity index (χ3n) is 2.74. The lowest BCUT2D eigenvalue weighted by Crippen LogP contribution is -2.25. The molecule has 2 heterocycles. The molecule has 2 rings (SSSR count). The van der Waals surface area contributed by atoms with Crippen LogP contribution in [0.15, 0.2) is 6.33 Å². The first-order valence-electron chi connectivity index (χ1n) is 6.19. The summed E-state index contributed by atoms with van der Waals surface area (Å²) in [7, 11) is -2.81. The number of rotatable bonds is 7. The van der Waals surface area contributed by atoms with E-state index in [9.17, 15) is 4.57 Å². The van der Waals surface area contributed by atoms with E-state index < -0.39 is 20.0 Å². The summed E-state index contributed by atoms with van der Waals surface area (Å²) in [6.45, 7) is 0.343. The van der Waals surface area contributed by atoms with Crippen molar-refractivity contribution in [2.45, 2.75) is 12.6 Å². The maximum atomic E-state index is 10.9. The first kappa shape index (κ1) is 16.6. The molecule has 2 aromatic rings. The molecule has 0 amide bonds. The Labute approximate surface area is 125 Å². The van der Waals surface area contributed by atoms with Crippen molar-refractivity contribution in [3.8, 4) is 0 Å². The standard InChI is InChI=1S/C10H17N6O5P/c1-20-3-6(21-5-22(17,18)19)2-16-4-13-7-8(11)14-10(12)15-9(7)16/h4,6H,2-3,5H2,1H3,(H2,17,18,19)(H4,11,12,14,15)/t6-/m1/s1. The van der Waals surface area contributed by atoms with Gasteiger partial charge in [-0.3, -0.25) is 4.57 Å². The van der Waals surface area contributed by atoms with Crippen LogP contribution >= 0.6 is 7.60 Å². The summed E-state index contributed by atoms with van der Waals surface area (Å²) in [5.74, 6) is 0.159. The van der Waals surface area contributed by atoms with E-state index >= 15 is 0 Å². The number of nitrogens with two attached hydrogens (primary N) is 2. The Morgan fingerprint density at radius 2 is 2.14 bits per heavy atom. The van der Waals surface area contributed by atoms with Gasteiger partial charge in [0, 0.05) is 7.11 Å². The summed E-state index contributed by atoms with van der Waals surface area (Å²) in [4.78, 5) is 29.7. The Hall–Kier alpha value is -1.78. The highest BCUT2D eigenvalue weighted by atomic mass is 31.2. The molecule has 0 saturated heterocycles.